The molecule has 0 unspecified atom stereocenters. The molecule has 1 aliphatic carbocycles. The van der Waals surface area contributed by atoms with Crippen molar-refractivity contribution in [1.29, 1.82) is 0 Å². The van der Waals surface area contributed by atoms with E-state index in [9.17, 15) is 18.0 Å². The van der Waals surface area contributed by atoms with Gasteiger partial charge in [0.15, 0.2) is 0 Å². The van der Waals surface area contributed by atoms with Crippen molar-refractivity contribution in [2.45, 2.75) is 44.4 Å². The highest BCUT2D eigenvalue weighted by atomic mass is 19.4. The lowest BCUT2D eigenvalue weighted by Gasteiger charge is -2.20. The molecule has 0 fully saturated rings. The maximum Gasteiger partial charge on any atom is 0.417 e. The van der Waals surface area contributed by atoms with Crippen LogP contribution in [0.5, 0.6) is 11.5 Å². The van der Waals surface area contributed by atoms with E-state index in [1.807, 2.05) is 19.1 Å². The smallest absolute Gasteiger partial charge is 0.417 e. The minimum atomic E-state index is -4.51. The van der Waals surface area contributed by atoms with Crippen molar-refractivity contribution < 1.29 is 32.5 Å². The minimum absolute atomic E-state index is 0.0178. The standard InChI is InChI=1S/C30H25F3N2O4/c1-17-12-13-34-35(17)20-4-2-18(3-5-20)29-24-9-11-26(23(24)8-10-25(29)30(31,32)33)39-21-6-7-22-19(14-28(36)37)16-38-27(22)15-21/h2-8,10,12-13,15,19,26H,9,11,14,16H2,1H3,(H,36,37)/t19-,26-/m1/s1. The summed E-state index contributed by atoms with van der Waals surface area (Å²) >= 11 is 0. The predicted octanol–water partition coefficient (Wildman–Crippen LogP) is 6.88. The maximum absolute atomic E-state index is 14.1. The first-order chi connectivity index (χ1) is 18.7. The lowest BCUT2D eigenvalue weighted by atomic mass is 9.91. The Labute approximate surface area is 222 Å². The minimum Gasteiger partial charge on any atom is -0.492 e. The number of halogens is 3. The third-order valence-electron chi connectivity index (χ3n) is 7.45. The summed E-state index contributed by atoms with van der Waals surface area (Å²) in [6, 6.07) is 16.8. The van der Waals surface area contributed by atoms with Gasteiger partial charge in [0.1, 0.15) is 17.6 Å². The molecule has 39 heavy (non-hydrogen) atoms. The van der Waals surface area contributed by atoms with Gasteiger partial charge in [0, 0.05) is 29.4 Å². The molecule has 2 atom stereocenters. The number of aromatic nitrogens is 2. The monoisotopic (exact) mass is 534 g/mol. The molecule has 1 aromatic heterocycles. The summed E-state index contributed by atoms with van der Waals surface area (Å²) in [5.41, 5.74) is 3.89. The maximum atomic E-state index is 14.1. The fraction of sp³-hybridized carbons (Fsp3) is 0.267. The van der Waals surface area contributed by atoms with Gasteiger partial charge in [-0.2, -0.15) is 18.3 Å². The zero-order valence-corrected chi connectivity index (χ0v) is 21.0. The summed E-state index contributed by atoms with van der Waals surface area (Å²) in [4.78, 5) is 11.1. The third-order valence-corrected chi connectivity index (χ3v) is 7.45. The van der Waals surface area contributed by atoms with Crippen LogP contribution in [0.25, 0.3) is 16.8 Å². The molecular formula is C30H25F3N2O4. The summed E-state index contributed by atoms with van der Waals surface area (Å²) in [7, 11) is 0. The second-order valence-corrected chi connectivity index (χ2v) is 9.94. The van der Waals surface area contributed by atoms with Crippen LogP contribution in [0, 0.1) is 6.92 Å². The first-order valence-corrected chi connectivity index (χ1v) is 12.7. The molecule has 0 radical (unpaired) electrons. The van der Waals surface area contributed by atoms with E-state index in [0.29, 0.717) is 42.1 Å². The summed E-state index contributed by atoms with van der Waals surface area (Å²) in [5.74, 6) is 0.00534. The highest BCUT2D eigenvalue weighted by Crippen LogP contribution is 2.47. The second-order valence-electron chi connectivity index (χ2n) is 9.94. The number of hydrogen-bond acceptors (Lipinski definition) is 4. The highest BCUT2D eigenvalue weighted by molar-refractivity contribution is 5.75. The van der Waals surface area contributed by atoms with Crippen molar-refractivity contribution in [3.63, 3.8) is 0 Å². The zero-order valence-electron chi connectivity index (χ0n) is 21.0. The molecule has 2 aliphatic rings. The zero-order chi connectivity index (χ0) is 27.3. The first-order valence-electron chi connectivity index (χ1n) is 12.7. The molecule has 200 valence electrons. The number of rotatable bonds is 6. The van der Waals surface area contributed by atoms with Crippen LogP contribution in [0.1, 0.15) is 52.8 Å². The van der Waals surface area contributed by atoms with Crippen LogP contribution >= 0.6 is 0 Å². The highest BCUT2D eigenvalue weighted by Gasteiger charge is 2.38. The summed E-state index contributed by atoms with van der Waals surface area (Å²) in [6.45, 7) is 2.20. The van der Waals surface area contributed by atoms with Crippen LogP contribution in [0.4, 0.5) is 13.2 Å². The molecule has 0 spiro atoms. The summed E-state index contributed by atoms with van der Waals surface area (Å²) in [5, 5.41) is 13.4. The molecule has 6 rings (SSSR count). The fourth-order valence-corrected chi connectivity index (χ4v) is 5.64. The number of carbonyl (C=O) groups is 1. The summed E-state index contributed by atoms with van der Waals surface area (Å²) in [6.07, 6.45) is -2.28. The van der Waals surface area contributed by atoms with Crippen molar-refractivity contribution in [3.05, 3.63) is 94.8 Å². The topological polar surface area (TPSA) is 73.6 Å². The number of ether oxygens (including phenoxy) is 2. The Morgan fingerprint density at radius 3 is 2.56 bits per heavy atom. The average Bonchev–Trinajstić information content (AvgIpc) is 3.62. The molecule has 4 aromatic rings. The largest absolute Gasteiger partial charge is 0.492 e. The van der Waals surface area contributed by atoms with Crippen molar-refractivity contribution >= 4 is 5.97 Å². The van der Waals surface area contributed by atoms with E-state index in [4.69, 9.17) is 14.6 Å². The molecule has 1 aliphatic heterocycles. The number of carboxylic acid groups (broad SMARTS) is 1. The van der Waals surface area contributed by atoms with Crippen LogP contribution in [0.3, 0.4) is 0 Å². The van der Waals surface area contributed by atoms with Gasteiger partial charge in [0.05, 0.1) is 24.3 Å². The van der Waals surface area contributed by atoms with Crippen molar-refractivity contribution in [3.8, 4) is 28.3 Å². The molecular weight excluding hydrogens is 509 g/mol. The van der Waals surface area contributed by atoms with Gasteiger partial charge in [-0.15, -0.1) is 0 Å². The van der Waals surface area contributed by atoms with Crippen LogP contribution in [-0.4, -0.2) is 27.5 Å². The Bertz CT molecular complexity index is 1560. The predicted molar refractivity (Wildman–Crippen MR) is 137 cm³/mol. The van der Waals surface area contributed by atoms with E-state index >= 15 is 0 Å². The normalized spacial score (nSPS) is 17.9. The van der Waals surface area contributed by atoms with Gasteiger partial charge in [0.2, 0.25) is 0 Å². The molecule has 0 bridgehead atoms. The van der Waals surface area contributed by atoms with Gasteiger partial charge in [0.25, 0.3) is 0 Å². The summed E-state index contributed by atoms with van der Waals surface area (Å²) < 4.78 is 56.1. The second kappa shape index (κ2) is 9.48. The number of alkyl halides is 3. The van der Waals surface area contributed by atoms with Crippen LogP contribution < -0.4 is 9.47 Å². The number of nitrogens with zero attached hydrogens (tertiary/aromatic N) is 2. The van der Waals surface area contributed by atoms with Gasteiger partial charge in [-0.3, -0.25) is 4.79 Å². The molecule has 3 aromatic carbocycles. The lowest BCUT2D eigenvalue weighted by molar-refractivity contribution is -0.138. The Balaban J connectivity index is 1.32. The number of carboxylic acids is 1. The Hall–Kier alpha value is -4.27. The van der Waals surface area contributed by atoms with E-state index in [1.165, 1.54) is 6.07 Å². The van der Waals surface area contributed by atoms with Crippen LogP contribution in [0.15, 0.2) is 66.9 Å². The fourth-order valence-electron chi connectivity index (χ4n) is 5.64. The average molecular weight is 535 g/mol. The Morgan fingerprint density at radius 2 is 1.87 bits per heavy atom. The third kappa shape index (κ3) is 4.62. The van der Waals surface area contributed by atoms with E-state index in [1.54, 1.807) is 47.3 Å². The van der Waals surface area contributed by atoms with E-state index in [2.05, 4.69) is 5.10 Å². The molecule has 0 saturated carbocycles. The van der Waals surface area contributed by atoms with E-state index < -0.39 is 23.8 Å². The first kappa shape index (κ1) is 25.0. The van der Waals surface area contributed by atoms with Crippen molar-refractivity contribution in [2.24, 2.45) is 0 Å². The van der Waals surface area contributed by atoms with Crippen molar-refractivity contribution in [2.75, 3.05) is 6.61 Å². The molecule has 1 N–H and O–H groups in total. The molecule has 9 heteroatoms. The van der Waals surface area contributed by atoms with E-state index in [0.717, 1.165) is 28.6 Å². The number of aryl methyl sites for hydroxylation is 1. The molecule has 0 saturated heterocycles. The van der Waals surface area contributed by atoms with Gasteiger partial charge in [-0.05, 0) is 72.4 Å². The molecule has 2 heterocycles. The Kier molecular flexibility index (Phi) is 6.09. The number of aliphatic carboxylic acids is 1. The Morgan fingerprint density at radius 1 is 1.10 bits per heavy atom. The quantitative estimate of drug-likeness (QED) is 0.292. The van der Waals surface area contributed by atoms with Gasteiger partial charge < -0.3 is 14.6 Å². The number of hydrogen-bond donors (Lipinski definition) is 1. The van der Waals surface area contributed by atoms with Crippen LogP contribution in [0.2, 0.25) is 0 Å². The van der Waals surface area contributed by atoms with Crippen molar-refractivity contribution in [1.82, 2.24) is 9.78 Å². The van der Waals surface area contributed by atoms with Gasteiger partial charge >= 0.3 is 12.1 Å². The lowest BCUT2D eigenvalue weighted by Crippen LogP contribution is -2.10. The van der Waals surface area contributed by atoms with Crippen LogP contribution in [-0.2, 0) is 17.4 Å². The number of benzene rings is 3. The molecule has 0 amide bonds. The SMILES string of the molecule is Cc1ccnn1-c1ccc(-c2c(C(F)(F)F)ccc3c2CC[C@H]3Oc2ccc3c(c2)OC[C@H]3CC(=O)O)cc1. The van der Waals surface area contributed by atoms with E-state index in [-0.39, 0.29) is 17.9 Å². The number of fused-ring (bicyclic) bond motifs is 2. The van der Waals surface area contributed by atoms with Gasteiger partial charge in [-0.1, -0.05) is 24.3 Å². The van der Waals surface area contributed by atoms with Gasteiger partial charge in [-0.25, -0.2) is 4.68 Å². The molecule has 6 nitrogen and oxygen atoms in total.